The molecule has 1 nitrogen and oxygen atoms in total. The summed E-state index contributed by atoms with van der Waals surface area (Å²) >= 11 is 7.76. The van der Waals surface area contributed by atoms with E-state index in [1.807, 2.05) is 23.9 Å². The summed E-state index contributed by atoms with van der Waals surface area (Å²) in [5.74, 6) is 1.18. The maximum atomic E-state index is 5.87. The molecular formula is C12H18ClNS. The van der Waals surface area contributed by atoms with Crippen LogP contribution in [0.3, 0.4) is 0 Å². The molecule has 0 amide bonds. The van der Waals surface area contributed by atoms with Gasteiger partial charge in [0.05, 0.1) is 0 Å². The minimum atomic E-state index is 0.458. The van der Waals surface area contributed by atoms with Crippen LogP contribution in [0, 0.1) is 0 Å². The Morgan fingerprint density at radius 3 is 2.53 bits per heavy atom. The average molecular weight is 244 g/mol. The predicted octanol–water partition coefficient (Wildman–Crippen LogP) is 3.74. The summed E-state index contributed by atoms with van der Waals surface area (Å²) in [5, 5.41) is 4.30. The molecule has 1 unspecified atom stereocenters. The van der Waals surface area contributed by atoms with Gasteiger partial charge < -0.3 is 5.32 Å². The van der Waals surface area contributed by atoms with Gasteiger partial charge in [-0.05, 0) is 42.7 Å². The zero-order valence-electron chi connectivity index (χ0n) is 9.29. The monoisotopic (exact) mass is 243 g/mol. The van der Waals surface area contributed by atoms with Crippen LogP contribution in [0.4, 0.5) is 0 Å². The minimum Gasteiger partial charge on any atom is -0.310 e. The van der Waals surface area contributed by atoms with E-state index in [-0.39, 0.29) is 0 Å². The predicted molar refractivity (Wildman–Crippen MR) is 70.9 cm³/mol. The topological polar surface area (TPSA) is 12.0 Å². The van der Waals surface area contributed by atoms with Crippen LogP contribution in [-0.2, 0) is 0 Å². The summed E-state index contributed by atoms with van der Waals surface area (Å²) in [6, 6.07) is 8.59. The van der Waals surface area contributed by atoms with Gasteiger partial charge in [-0.1, -0.05) is 30.7 Å². The largest absolute Gasteiger partial charge is 0.310 e. The van der Waals surface area contributed by atoms with Crippen molar-refractivity contribution < 1.29 is 0 Å². The molecule has 0 saturated carbocycles. The zero-order chi connectivity index (χ0) is 11.1. The molecule has 0 spiro atoms. The fourth-order valence-electron chi connectivity index (χ4n) is 1.56. The maximum absolute atomic E-state index is 5.87. The van der Waals surface area contributed by atoms with Crippen molar-refractivity contribution in [2.24, 2.45) is 0 Å². The van der Waals surface area contributed by atoms with Crippen LogP contribution in [0.2, 0.25) is 5.02 Å². The first kappa shape index (κ1) is 12.9. The van der Waals surface area contributed by atoms with Crippen molar-refractivity contribution in [3.8, 4) is 0 Å². The number of hydrogen-bond donors (Lipinski definition) is 1. The molecule has 1 rings (SSSR count). The minimum absolute atomic E-state index is 0.458. The van der Waals surface area contributed by atoms with Crippen molar-refractivity contribution >= 4 is 23.4 Å². The van der Waals surface area contributed by atoms with Crippen molar-refractivity contribution in [3.63, 3.8) is 0 Å². The van der Waals surface area contributed by atoms with Crippen molar-refractivity contribution in [3.05, 3.63) is 34.9 Å². The second kappa shape index (κ2) is 7.15. The Labute approximate surface area is 102 Å². The van der Waals surface area contributed by atoms with Crippen LogP contribution in [0.5, 0.6) is 0 Å². The Bertz CT molecular complexity index is 273. The lowest BCUT2D eigenvalue weighted by Crippen LogP contribution is -2.21. The van der Waals surface area contributed by atoms with Crippen molar-refractivity contribution in [1.82, 2.24) is 5.32 Å². The Morgan fingerprint density at radius 1 is 1.33 bits per heavy atom. The van der Waals surface area contributed by atoms with Gasteiger partial charge in [-0.15, -0.1) is 0 Å². The van der Waals surface area contributed by atoms with Gasteiger partial charge in [-0.3, -0.25) is 0 Å². The van der Waals surface area contributed by atoms with E-state index in [4.69, 9.17) is 11.6 Å². The number of nitrogens with one attached hydrogen (secondary N) is 1. The second-order valence-corrected chi connectivity index (χ2v) is 4.87. The molecule has 1 aromatic carbocycles. The van der Waals surface area contributed by atoms with Crippen LogP contribution in [0.15, 0.2) is 24.3 Å². The first-order valence-corrected chi connectivity index (χ1v) is 7.03. The smallest absolute Gasteiger partial charge is 0.0406 e. The van der Waals surface area contributed by atoms with E-state index >= 15 is 0 Å². The Kier molecular flexibility index (Phi) is 6.15. The van der Waals surface area contributed by atoms with E-state index in [2.05, 4.69) is 30.6 Å². The Hall–Kier alpha value is -0.180. The Morgan fingerprint density at radius 2 is 2.00 bits per heavy atom. The lowest BCUT2D eigenvalue weighted by atomic mass is 10.0. The number of thioether (sulfide) groups is 1. The van der Waals surface area contributed by atoms with E-state index in [9.17, 15) is 0 Å². The third-order valence-electron chi connectivity index (χ3n) is 2.33. The number of rotatable bonds is 6. The lowest BCUT2D eigenvalue weighted by molar-refractivity contribution is 0.541. The van der Waals surface area contributed by atoms with Gasteiger partial charge in [0.15, 0.2) is 0 Å². The highest BCUT2D eigenvalue weighted by Gasteiger charge is 2.08. The van der Waals surface area contributed by atoms with E-state index < -0.39 is 0 Å². The lowest BCUT2D eigenvalue weighted by Gasteiger charge is -2.17. The number of halogens is 1. The summed E-state index contributed by atoms with van der Waals surface area (Å²) in [5.41, 5.74) is 1.33. The summed E-state index contributed by atoms with van der Waals surface area (Å²) < 4.78 is 0. The van der Waals surface area contributed by atoms with Crippen molar-refractivity contribution in [2.75, 3.05) is 18.6 Å². The summed E-state index contributed by atoms with van der Waals surface area (Å²) in [6.07, 6.45) is 3.31. The molecular weight excluding hydrogens is 226 g/mol. The van der Waals surface area contributed by atoms with E-state index in [1.165, 1.54) is 11.3 Å². The highest BCUT2D eigenvalue weighted by atomic mass is 35.5. The molecule has 0 aliphatic carbocycles. The van der Waals surface area contributed by atoms with Gasteiger partial charge in [-0.2, -0.15) is 11.8 Å². The molecule has 15 heavy (non-hydrogen) atoms. The fourth-order valence-corrected chi connectivity index (χ4v) is 2.16. The molecule has 0 aliphatic rings. The third-order valence-corrected chi connectivity index (χ3v) is 3.23. The summed E-state index contributed by atoms with van der Waals surface area (Å²) in [4.78, 5) is 0. The average Bonchev–Trinajstić information content (AvgIpc) is 2.25. The molecule has 3 heteroatoms. The van der Waals surface area contributed by atoms with Gasteiger partial charge in [0, 0.05) is 11.1 Å². The van der Waals surface area contributed by atoms with Crippen molar-refractivity contribution in [2.45, 2.75) is 19.4 Å². The van der Waals surface area contributed by atoms with Crippen molar-refractivity contribution in [1.29, 1.82) is 0 Å². The van der Waals surface area contributed by atoms with E-state index in [0.29, 0.717) is 6.04 Å². The third kappa shape index (κ3) is 4.45. The SMILES string of the molecule is CCNC(CCSC)c1ccc(Cl)cc1. The van der Waals surface area contributed by atoms with Crippen LogP contribution in [-0.4, -0.2) is 18.6 Å². The van der Waals surface area contributed by atoms with Gasteiger partial charge in [0.2, 0.25) is 0 Å². The summed E-state index contributed by atoms with van der Waals surface area (Å²) in [6.45, 7) is 3.14. The van der Waals surface area contributed by atoms with Crippen LogP contribution in [0.25, 0.3) is 0 Å². The molecule has 0 aromatic heterocycles. The second-order valence-electron chi connectivity index (χ2n) is 3.44. The Balaban J connectivity index is 2.65. The van der Waals surface area contributed by atoms with Gasteiger partial charge in [-0.25, -0.2) is 0 Å². The molecule has 0 fully saturated rings. The highest BCUT2D eigenvalue weighted by molar-refractivity contribution is 7.98. The molecule has 1 N–H and O–H groups in total. The number of hydrogen-bond acceptors (Lipinski definition) is 2. The van der Waals surface area contributed by atoms with E-state index in [0.717, 1.165) is 18.0 Å². The normalized spacial score (nSPS) is 12.7. The first-order valence-electron chi connectivity index (χ1n) is 5.25. The standard InChI is InChI=1S/C12H18ClNS/c1-3-14-12(8-9-15-2)10-4-6-11(13)7-5-10/h4-7,12,14H,3,8-9H2,1-2H3. The quantitative estimate of drug-likeness (QED) is 0.817. The molecule has 0 aliphatic heterocycles. The van der Waals surface area contributed by atoms with Crippen LogP contribution >= 0.6 is 23.4 Å². The molecule has 0 saturated heterocycles. The fraction of sp³-hybridized carbons (Fsp3) is 0.500. The molecule has 0 radical (unpaired) electrons. The van der Waals surface area contributed by atoms with E-state index in [1.54, 1.807) is 0 Å². The molecule has 0 bridgehead atoms. The molecule has 1 atom stereocenters. The van der Waals surface area contributed by atoms with Gasteiger partial charge in [0.25, 0.3) is 0 Å². The van der Waals surface area contributed by atoms with Gasteiger partial charge in [0.1, 0.15) is 0 Å². The number of benzene rings is 1. The molecule has 1 aromatic rings. The zero-order valence-corrected chi connectivity index (χ0v) is 10.9. The maximum Gasteiger partial charge on any atom is 0.0406 e. The van der Waals surface area contributed by atoms with Crippen LogP contribution < -0.4 is 5.32 Å². The van der Waals surface area contributed by atoms with Crippen LogP contribution in [0.1, 0.15) is 24.9 Å². The molecule has 84 valence electrons. The molecule has 0 heterocycles. The first-order chi connectivity index (χ1) is 7.27. The highest BCUT2D eigenvalue weighted by Crippen LogP contribution is 2.20. The van der Waals surface area contributed by atoms with Gasteiger partial charge >= 0.3 is 0 Å². The summed E-state index contributed by atoms with van der Waals surface area (Å²) in [7, 11) is 0.